The Bertz CT molecular complexity index is 848. The van der Waals surface area contributed by atoms with Crippen molar-refractivity contribution in [2.75, 3.05) is 0 Å². The SMILES string of the molecule is Cc1ccccc1COc1ccc(Br)cc1CNC(C)c1ccccc1. The first-order valence-corrected chi connectivity index (χ1v) is 9.67. The van der Waals surface area contributed by atoms with Crippen molar-refractivity contribution in [2.45, 2.75) is 33.0 Å². The molecule has 1 atom stereocenters. The number of hydrogen-bond donors (Lipinski definition) is 1. The number of benzene rings is 3. The van der Waals surface area contributed by atoms with Crippen LogP contribution in [0, 0.1) is 6.92 Å². The van der Waals surface area contributed by atoms with Crippen LogP contribution in [0.4, 0.5) is 0 Å². The smallest absolute Gasteiger partial charge is 0.124 e. The van der Waals surface area contributed by atoms with E-state index in [-0.39, 0.29) is 6.04 Å². The summed E-state index contributed by atoms with van der Waals surface area (Å²) in [5.41, 5.74) is 4.90. The summed E-state index contributed by atoms with van der Waals surface area (Å²) >= 11 is 3.57. The summed E-state index contributed by atoms with van der Waals surface area (Å²) in [5, 5.41) is 3.59. The van der Waals surface area contributed by atoms with Crippen molar-refractivity contribution in [1.29, 1.82) is 0 Å². The third-order valence-corrected chi connectivity index (χ3v) is 5.06. The van der Waals surface area contributed by atoms with Crippen LogP contribution < -0.4 is 10.1 Å². The minimum Gasteiger partial charge on any atom is -0.489 e. The molecule has 3 heteroatoms. The van der Waals surface area contributed by atoms with E-state index in [0.29, 0.717) is 6.61 Å². The van der Waals surface area contributed by atoms with Crippen molar-refractivity contribution < 1.29 is 4.74 Å². The first kappa shape index (κ1) is 18.7. The van der Waals surface area contributed by atoms with E-state index < -0.39 is 0 Å². The van der Waals surface area contributed by atoms with Crippen LogP contribution in [0.1, 0.15) is 35.2 Å². The van der Waals surface area contributed by atoms with E-state index in [1.165, 1.54) is 16.7 Å². The predicted octanol–water partition coefficient (Wildman–Crippen LogP) is 6.19. The largest absolute Gasteiger partial charge is 0.489 e. The lowest BCUT2D eigenvalue weighted by Gasteiger charge is -2.17. The zero-order chi connectivity index (χ0) is 18.4. The Morgan fingerprint density at radius 2 is 1.65 bits per heavy atom. The second-order valence-electron chi connectivity index (χ2n) is 6.48. The highest BCUT2D eigenvalue weighted by molar-refractivity contribution is 9.10. The summed E-state index contributed by atoms with van der Waals surface area (Å²) in [4.78, 5) is 0. The maximum absolute atomic E-state index is 6.14. The molecule has 0 aliphatic rings. The summed E-state index contributed by atoms with van der Waals surface area (Å²) < 4.78 is 7.20. The van der Waals surface area contributed by atoms with Gasteiger partial charge < -0.3 is 10.1 Å². The zero-order valence-corrected chi connectivity index (χ0v) is 16.8. The van der Waals surface area contributed by atoms with Gasteiger partial charge in [-0.05, 0) is 48.7 Å². The Hall–Kier alpha value is -2.10. The number of ether oxygens (including phenoxy) is 1. The molecule has 26 heavy (non-hydrogen) atoms. The van der Waals surface area contributed by atoms with Crippen LogP contribution >= 0.6 is 15.9 Å². The lowest BCUT2D eigenvalue weighted by Crippen LogP contribution is -2.18. The number of hydrogen-bond acceptors (Lipinski definition) is 2. The second-order valence-corrected chi connectivity index (χ2v) is 7.40. The third kappa shape index (κ3) is 4.96. The van der Waals surface area contributed by atoms with Crippen LogP contribution in [0.15, 0.2) is 77.3 Å². The van der Waals surface area contributed by atoms with Crippen molar-refractivity contribution in [1.82, 2.24) is 5.32 Å². The van der Waals surface area contributed by atoms with Crippen molar-refractivity contribution in [3.63, 3.8) is 0 Å². The van der Waals surface area contributed by atoms with Gasteiger partial charge in [0.05, 0.1) is 0 Å². The minimum absolute atomic E-state index is 0.277. The molecule has 0 saturated carbocycles. The number of aryl methyl sites for hydroxylation is 1. The van der Waals surface area contributed by atoms with Crippen molar-refractivity contribution >= 4 is 15.9 Å². The molecular weight excluding hydrogens is 386 g/mol. The van der Waals surface area contributed by atoms with Crippen LogP contribution in [0.3, 0.4) is 0 Å². The first-order chi connectivity index (χ1) is 12.6. The zero-order valence-electron chi connectivity index (χ0n) is 15.2. The van der Waals surface area contributed by atoms with Crippen molar-refractivity contribution in [2.24, 2.45) is 0 Å². The molecule has 134 valence electrons. The van der Waals surface area contributed by atoms with Gasteiger partial charge in [0.25, 0.3) is 0 Å². The highest BCUT2D eigenvalue weighted by Crippen LogP contribution is 2.25. The quantitative estimate of drug-likeness (QED) is 0.502. The fraction of sp³-hybridized carbons (Fsp3) is 0.217. The van der Waals surface area contributed by atoms with E-state index in [1.54, 1.807) is 0 Å². The van der Waals surface area contributed by atoms with Gasteiger partial charge in [-0.2, -0.15) is 0 Å². The molecule has 0 fully saturated rings. The van der Waals surface area contributed by atoms with E-state index in [2.05, 4.69) is 89.7 Å². The molecule has 0 saturated heterocycles. The molecular formula is C23H24BrNO. The van der Waals surface area contributed by atoms with E-state index >= 15 is 0 Å². The Labute approximate surface area is 164 Å². The minimum atomic E-state index is 0.277. The summed E-state index contributed by atoms with van der Waals surface area (Å²) in [6.45, 7) is 5.62. The van der Waals surface area contributed by atoms with Gasteiger partial charge >= 0.3 is 0 Å². The Kier molecular flexibility index (Phi) is 6.48. The Balaban J connectivity index is 1.69. The maximum atomic E-state index is 6.14. The van der Waals surface area contributed by atoms with Crippen LogP contribution in [-0.2, 0) is 13.2 Å². The van der Waals surface area contributed by atoms with E-state index in [0.717, 1.165) is 22.3 Å². The number of rotatable bonds is 7. The van der Waals surface area contributed by atoms with Gasteiger partial charge in [0.15, 0.2) is 0 Å². The summed E-state index contributed by atoms with van der Waals surface area (Å²) in [5.74, 6) is 0.921. The van der Waals surface area contributed by atoms with Crippen molar-refractivity contribution in [3.05, 3.63) is 99.5 Å². The monoisotopic (exact) mass is 409 g/mol. The fourth-order valence-corrected chi connectivity index (χ4v) is 3.29. The Morgan fingerprint density at radius 3 is 2.42 bits per heavy atom. The van der Waals surface area contributed by atoms with E-state index in [4.69, 9.17) is 4.74 Å². The standard InChI is InChI=1S/C23H24BrNO/c1-17-8-6-7-11-20(17)16-26-23-13-12-22(24)14-21(23)15-25-18(2)19-9-4-3-5-10-19/h3-14,18,25H,15-16H2,1-2H3. The van der Waals surface area contributed by atoms with Crippen LogP contribution in [0.5, 0.6) is 5.75 Å². The molecule has 3 aromatic carbocycles. The number of halogens is 1. The summed E-state index contributed by atoms with van der Waals surface area (Å²) in [6.07, 6.45) is 0. The van der Waals surface area contributed by atoms with Gasteiger partial charge in [-0.3, -0.25) is 0 Å². The molecule has 0 amide bonds. The highest BCUT2D eigenvalue weighted by Gasteiger charge is 2.09. The van der Waals surface area contributed by atoms with Gasteiger partial charge in [0.2, 0.25) is 0 Å². The van der Waals surface area contributed by atoms with Crippen LogP contribution in [0.25, 0.3) is 0 Å². The highest BCUT2D eigenvalue weighted by atomic mass is 79.9. The molecule has 0 aromatic heterocycles. The molecule has 1 N–H and O–H groups in total. The summed E-state index contributed by atoms with van der Waals surface area (Å²) in [6, 6.07) is 25.3. The molecule has 0 aliphatic carbocycles. The topological polar surface area (TPSA) is 21.3 Å². The van der Waals surface area contributed by atoms with Gasteiger partial charge in [0, 0.05) is 22.6 Å². The van der Waals surface area contributed by atoms with Gasteiger partial charge in [-0.1, -0.05) is 70.5 Å². The molecule has 0 heterocycles. The van der Waals surface area contributed by atoms with Gasteiger partial charge in [-0.25, -0.2) is 0 Å². The number of nitrogens with one attached hydrogen (secondary N) is 1. The second kappa shape index (κ2) is 9.02. The lowest BCUT2D eigenvalue weighted by molar-refractivity contribution is 0.301. The molecule has 0 aliphatic heterocycles. The van der Waals surface area contributed by atoms with Crippen molar-refractivity contribution in [3.8, 4) is 5.75 Å². The lowest BCUT2D eigenvalue weighted by atomic mass is 10.1. The third-order valence-electron chi connectivity index (χ3n) is 4.57. The van der Waals surface area contributed by atoms with E-state index in [9.17, 15) is 0 Å². The average molecular weight is 410 g/mol. The fourth-order valence-electron chi connectivity index (χ4n) is 2.88. The first-order valence-electron chi connectivity index (χ1n) is 8.87. The molecule has 2 nitrogen and oxygen atoms in total. The van der Waals surface area contributed by atoms with Crippen LogP contribution in [0.2, 0.25) is 0 Å². The molecule has 3 aromatic rings. The van der Waals surface area contributed by atoms with Crippen LogP contribution in [-0.4, -0.2) is 0 Å². The molecule has 0 spiro atoms. The predicted molar refractivity (Wildman–Crippen MR) is 111 cm³/mol. The average Bonchev–Trinajstić information content (AvgIpc) is 2.67. The molecule has 1 unspecified atom stereocenters. The normalized spacial score (nSPS) is 12.0. The Morgan fingerprint density at radius 1 is 0.923 bits per heavy atom. The van der Waals surface area contributed by atoms with E-state index in [1.807, 2.05) is 18.2 Å². The maximum Gasteiger partial charge on any atom is 0.124 e. The molecule has 0 bridgehead atoms. The summed E-state index contributed by atoms with van der Waals surface area (Å²) in [7, 11) is 0. The molecule has 0 radical (unpaired) electrons. The van der Waals surface area contributed by atoms with Gasteiger partial charge in [0.1, 0.15) is 12.4 Å². The van der Waals surface area contributed by atoms with Gasteiger partial charge in [-0.15, -0.1) is 0 Å². The molecule has 3 rings (SSSR count).